The van der Waals surface area contributed by atoms with E-state index in [1.807, 2.05) is 0 Å². The summed E-state index contributed by atoms with van der Waals surface area (Å²) >= 11 is 0. The first-order chi connectivity index (χ1) is 10.7. The molecule has 0 radical (unpaired) electrons. The fourth-order valence-corrected chi connectivity index (χ4v) is 1.77. The van der Waals surface area contributed by atoms with Gasteiger partial charge in [0.2, 0.25) is 0 Å². The summed E-state index contributed by atoms with van der Waals surface area (Å²) in [6, 6.07) is 5.19. The fraction of sp³-hybridized carbons (Fsp3) is 0.533. The van der Waals surface area contributed by atoms with Crippen LogP contribution < -0.4 is 15.4 Å². The Labute approximate surface area is 132 Å². The maximum absolute atomic E-state index is 12.2. The number of carbonyl (C=O) groups is 1. The second-order valence-electron chi connectivity index (χ2n) is 5.14. The molecule has 0 aliphatic heterocycles. The minimum atomic E-state index is -4.46. The molecule has 0 aliphatic carbocycles. The van der Waals surface area contributed by atoms with Gasteiger partial charge in [-0.15, -0.1) is 0 Å². The summed E-state index contributed by atoms with van der Waals surface area (Å²) in [5.74, 6) is -0.0822. The number of nitrogens with one attached hydrogen (secondary N) is 2. The zero-order valence-corrected chi connectivity index (χ0v) is 13.0. The molecular formula is C15H21F3N2O3. The van der Waals surface area contributed by atoms with E-state index >= 15 is 0 Å². The van der Waals surface area contributed by atoms with Crippen molar-refractivity contribution < 1.29 is 27.8 Å². The van der Waals surface area contributed by atoms with Gasteiger partial charge in [0.1, 0.15) is 5.75 Å². The second-order valence-corrected chi connectivity index (χ2v) is 5.14. The number of amides is 2. The van der Waals surface area contributed by atoms with E-state index in [0.717, 1.165) is 0 Å². The van der Waals surface area contributed by atoms with Gasteiger partial charge in [-0.3, -0.25) is 0 Å². The van der Waals surface area contributed by atoms with Crippen molar-refractivity contribution in [3.8, 4) is 5.75 Å². The summed E-state index contributed by atoms with van der Waals surface area (Å²) in [6.07, 6.45) is -3.53. The van der Waals surface area contributed by atoms with Gasteiger partial charge in [-0.1, -0.05) is 26.0 Å². The molecule has 2 amide bonds. The summed E-state index contributed by atoms with van der Waals surface area (Å²) in [4.78, 5) is 11.8. The maximum atomic E-state index is 12.2. The molecule has 1 aromatic carbocycles. The lowest BCUT2D eigenvalue weighted by Crippen LogP contribution is -2.43. The molecule has 0 saturated heterocycles. The smallest absolute Gasteiger partial charge is 0.422 e. The van der Waals surface area contributed by atoms with Gasteiger partial charge < -0.3 is 20.5 Å². The van der Waals surface area contributed by atoms with Crippen LogP contribution in [-0.4, -0.2) is 36.1 Å². The van der Waals surface area contributed by atoms with E-state index in [1.165, 1.54) is 18.2 Å². The average Bonchev–Trinajstić information content (AvgIpc) is 2.51. The highest BCUT2D eigenvalue weighted by Crippen LogP contribution is 2.26. The largest absolute Gasteiger partial charge is 0.482 e. The van der Waals surface area contributed by atoms with Gasteiger partial charge in [0, 0.05) is 6.54 Å². The Kier molecular flexibility index (Phi) is 6.68. The summed E-state index contributed by atoms with van der Waals surface area (Å²) in [5.41, 5.74) is -0.894. The highest BCUT2D eigenvalue weighted by molar-refractivity contribution is 5.90. The van der Waals surface area contributed by atoms with Gasteiger partial charge >= 0.3 is 12.2 Å². The predicted molar refractivity (Wildman–Crippen MR) is 80.5 cm³/mol. The molecule has 0 spiro atoms. The molecule has 0 fully saturated rings. The van der Waals surface area contributed by atoms with Crippen molar-refractivity contribution in [2.24, 2.45) is 0 Å². The van der Waals surface area contributed by atoms with Crippen LogP contribution in [0, 0.1) is 0 Å². The normalized spacial score (nSPS) is 11.9. The first kappa shape index (κ1) is 19.1. The summed E-state index contributed by atoms with van der Waals surface area (Å²) in [6.45, 7) is 2.18. The van der Waals surface area contributed by atoms with Gasteiger partial charge in [0.15, 0.2) is 6.61 Å². The predicted octanol–water partition coefficient (Wildman–Crippen LogP) is 3.30. The number of anilines is 1. The molecule has 0 aliphatic rings. The second kappa shape index (κ2) is 8.05. The van der Waals surface area contributed by atoms with E-state index in [0.29, 0.717) is 12.8 Å². The number of ether oxygens (including phenoxy) is 1. The maximum Gasteiger partial charge on any atom is 0.422 e. The number of hydrogen-bond acceptors (Lipinski definition) is 3. The Balaban J connectivity index is 2.64. The van der Waals surface area contributed by atoms with E-state index in [-0.39, 0.29) is 18.0 Å². The molecule has 5 nitrogen and oxygen atoms in total. The molecule has 0 saturated carbocycles. The molecule has 0 atom stereocenters. The van der Waals surface area contributed by atoms with Crippen LogP contribution in [0.5, 0.6) is 5.75 Å². The highest BCUT2D eigenvalue weighted by Gasteiger charge is 2.29. The van der Waals surface area contributed by atoms with E-state index in [4.69, 9.17) is 0 Å². The monoisotopic (exact) mass is 334 g/mol. The topological polar surface area (TPSA) is 70.6 Å². The van der Waals surface area contributed by atoms with E-state index in [1.54, 1.807) is 19.9 Å². The number of para-hydroxylation sites is 2. The lowest BCUT2D eigenvalue weighted by Gasteiger charge is -2.25. The lowest BCUT2D eigenvalue weighted by atomic mass is 9.98. The number of urea groups is 1. The van der Waals surface area contributed by atoms with Gasteiger partial charge in [-0.2, -0.15) is 13.2 Å². The van der Waals surface area contributed by atoms with Crippen molar-refractivity contribution >= 4 is 11.7 Å². The highest BCUT2D eigenvalue weighted by atomic mass is 19.4. The molecule has 3 N–H and O–H groups in total. The van der Waals surface area contributed by atoms with Crippen LogP contribution in [0.15, 0.2) is 24.3 Å². The quantitative estimate of drug-likeness (QED) is 0.716. The van der Waals surface area contributed by atoms with Crippen LogP contribution in [0.2, 0.25) is 0 Å². The van der Waals surface area contributed by atoms with Crippen LogP contribution in [-0.2, 0) is 0 Å². The standard InChI is InChI=1S/C15H21F3N2O3/c1-3-14(22,4-2)9-19-13(21)20-11-7-5-6-8-12(11)23-10-15(16,17)18/h5-8,22H,3-4,9-10H2,1-2H3,(H2,19,20,21). The first-order valence-corrected chi connectivity index (χ1v) is 7.25. The Morgan fingerprint density at radius 3 is 2.39 bits per heavy atom. The van der Waals surface area contributed by atoms with Gasteiger partial charge in [0.05, 0.1) is 11.3 Å². The minimum absolute atomic E-state index is 0.0391. The molecule has 130 valence electrons. The van der Waals surface area contributed by atoms with Crippen molar-refractivity contribution in [1.29, 1.82) is 0 Å². The zero-order chi connectivity index (χ0) is 17.5. The lowest BCUT2D eigenvalue weighted by molar-refractivity contribution is -0.153. The molecule has 1 rings (SSSR count). The van der Waals surface area contributed by atoms with Crippen LogP contribution in [0.4, 0.5) is 23.7 Å². The van der Waals surface area contributed by atoms with E-state index in [9.17, 15) is 23.1 Å². The third kappa shape index (κ3) is 6.77. The number of hydrogen-bond donors (Lipinski definition) is 3. The van der Waals surface area contributed by atoms with Crippen LogP contribution >= 0.6 is 0 Å². The summed E-state index contributed by atoms with van der Waals surface area (Å²) in [7, 11) is 0. The Bertz CT molecular complexity index is 517. The van der Waals surface area contributed by atoms with Gasteiger partial charge in [0.25, 0.3) is 0 Å². The molecule has 0 bridgehead atoms. The number of carbonyl (C=O) groups excluding carboxylic acids is 1. The van der Waals surface area contributed by atoms with Crippen molar-refractivity contribution in [2.45, 2.75) is 38.5 Å². The SMILES string of the molecule is CCC(O)(CC)CNC(=O)Nc1ccccc1OCC(F)(F)F. The number of rotatable bonds is 7. The number of halogens is 3. The van der Waals surface area contributed by atoms with Crippen molar-refractivity contribution in [2.75, 3.05) is 18.5 Å². The molecule has 0 aromatic heterocycles. The van der Waals surface area contributed by atoms with Crippen molar-refractivity contribution in [1.82, 2.24) is 5.32 Å². The van der Waals surface area contributed by atoms with Crippen LogP contribution in [0.1, 0.15) is 26.7 Å². The fourth-order valence-electron chi connectivity index (χ4n) is 1.77. The first-order valence-electron chi connectivity index (χ1n) is 7.25. The van der Waals surface area contributed by atoms with E-state index in [2.05, 4.69) is 15.4 Å². The summed E-state index contributed by atoms with van der Waals surface area (Å²) < 4.78 is 41.3. The van der Waals surface area contributed by atoms with Crippen molar-refractivity contribution in [3.63, 3.8) is 0 Å². The molecule has 0 unspecified atom stereocenters. The van der Waals surface area contributed by atoms with Crippen molar-refractivity contribution in [3.05, 3.63) is 24.3 Å². The number of benzene rings is 1. The Morgan fingerprint density at radius 2 is 1.83 bits per heavy atom. The van der Waals surface area contributed by atoms with Gasteiger partial charge in [-0.25, -0.2) is 4.79 Å². The Morgan fingerprint density at radius 1 is 1.22 bits per heavy atom. The zero-order valence-electron chi connectivity index (χ0n) is 13.0. The molecule has 0 heterocycles. The number of alkyl halides is 3. The number of aliphatic hydroxyl groups is 1. The van der Waals surface area contributed by atoms with E-state index < -0.39 is 24.4 Å². The van der Waals surface area contributed by atoms with Crippen LogP contribution in [0.25, 0.3) is 0 Å². The Hall–Kier alpha value is -1.96. The minimum Gasteiger partial charge on any atom is -0.482 e. The molecular weight excluding hydrogens is 313 g/mol. The van der Waals surface area contributed by atoms with Crippen LogP contribution in [0.3, 0.4) is 0 Å². The summed E-state index contributed by atoms with van der Waals surface area (Å²) in [5, 5.41) is 15.0. The van der Waals surface area contributed by atoms with Gasteiger partial charge in [-0.05, 0) is 25.0 Å². The molecule has 23 heavy (non-hydrogen) atoms. The molecule has 1 aromatic rings. The average molecular weight is 334 g/mol. The molecule has 8 heteroatoms. The third-order valence-electron chi connectivity index (χ3n) is 3.42. The third-order valence-corrected chi connectivity index (χ3v) is 3.42.